The summed E-state index contributed by atoms with van der Waals surface area (Å²) in [6, 6.07) is 9.77. The third-order valence-electron chi connectivity index (χ3n) is 4.24. The zero-order valence-electron chi connectivity index (χ0n) is 15.1. The Morgan fingerprint density at radius 3 is 2.52 bits per heavy atom. The second-order valence-corrected chi connectivity index (χ2v) is 6.01. The van der Waals surface area contributed by atoms with E-state index in [4.69, 9.17) is 9.26 Å². The van der Waals surface area contributed by atoms with Gasteiger partial charge in [-0.15, -0.1) is 0 Å². The van der Waals surface area contributed by atoms with Crippen LogP contribution in [0.1, 0.15) is 39.6 Å². The van der Waals surface area contributed by atoms with E-state index >= 15 is 0 Å². The number of amides is 1. The van der Waals surface area contributed by atoms with Crippen LogP contribution in [0.3, 0.4) is 0 Å². The minimum Gasteiger partial charge on any atom is -0.497 e. The molecule has 1 atom stereocenters. The Morgan fingerprint density at radius 2 is 1.96 bits per heavy atom. The van der Waals surface area contributed by atoms with Crippen LogP contribution in [0, 0.1) is 0 Å². The summed E-state index contributed by atoms with van der Waals surface area (Å²) in [5, 5.41) is 16.2. The molecule has 140 valence electrons. The van der Waals surface area contributed by atoms with E-state index in [-0.39, 0.29) is 11.7 Å². The average molecular weight is 369 g/mol. The standard InChI is InChI=1S/C19H19N3O5/c1-11(20-18(23)14-5-4-10-22(14)2)15-16(21-27-17(15)19(24)25)12-6-8-13(26-3)9-7-12/h4-11H,1-3H3,(H,20,23)(H,24,25)/t11-/m1/s1. The van der Waals surface area contributed by atoms with Gasteiger partial charge in [0.05, 0.1) is 18.7 Å². The van der Waals surface area contributed by atoms with E-state index in [1.165, 1.54) is 0 Å². The fourth-order valence-electron chi connectivity index (χ4n) is 2.85. The van der Waals surface area contributed by atoms with Crippen molar-refractivity contribution in [1.82, 2.24) is 15.0 Å². The van der Waals surface area contributed by atoms with Gasteiger partial charge in [-0.3, -0.25) is 4.79 Å². The smallest absolute Gasteiger partial charge is 0.375 e. The van der Waals surface area contributed by atoms with E-state index in [0.717, 1.165) is 0 Å². The largest absolute Gasteiger partial charge is 0.497 e. The molecule has 3 rings (SSSR count). The summed E-state index contributed by atoms with van der Waals surface area (Å²) in [6.07, 6.45) is 1.75. The normalized spacial score (nSPS) is 11.8. The van der Waals surface area contributed by atoms with Crippen molar-refractivity contribution >= 4 is 11.9 Å². The van der Waals surface area contributed by atoms with Crippen LogP contribution in [0.5, 0.6) is 5.75 Å². The van der Waals surface area contributed by atoms with Crippen LogP contribution < -0.4 is 10.1 Å². The van der Waals surface area contributed by atoms with Gasteiger partial charge in [-0.05, 0) is 43.3 Å². The van der Waals surface area contributed by atoms with Gasteiger partial charge >= 0.3 is 5.97 Å². The zero-order chi connectivity index (χ0) is 19.6. The van der Waals surface area contributed by atoms with Gasteiger partial charge in [0.1, 0.15) is 17.1 Å². The first-order valence-corrected chi connectivity index (χ1v) is 8.21. The van der Waals surface area contributed by atoms with Crippen molar-refractivity contribution in [3.63, 3.8) is 0 Å². The summed E-state index contributed by atoms with van der Waals surface area (Å²) in [5.41, 5.74) is 1.77. The van der Waals surface area contributed by atoms with Gasteiger partial charge in [0.15, 0.2) is 0 Å². The van der Waals surface area contributed by atoms with Crippen molar-refractivity contribution in [2.75, 3.05) is 7.11 Å². The first-order chi connectivity index (χ1) is 12.9. The van der Waals surface area contributed by atoms with E-state index in [9.17, 15) is 14.7 Å². The predicted octanol–water partition coefficient (Wildman–Crippen LogP) is 2.88. The molecule has 2 aromatic heterocycles. The Hall–Kier alpha value is -3.55. The van der Waals surface area contributed by atoms with Crippen molar-refractivity contribution in [2.45, 2.75) is 13.0 Å². The molecule has 0 aliphatic carbocycles. The number of carbonyl (C=O) groups excluding carboxylic acids is 1. The van der Waals surface area contributed by atoms with Gasteiger partial charge in [-0.25, -0.2) is 4.79 Å². The molecule has 8 nitrogen and oxygen atoms in total. The van der Waals surface area contributed by atoms with Crippen LogP contribution in [0.2, 0.25) is 0 Å². The Balaban J connectivity index is 1.97. The molecule has 0 aliphatic rings. The van der Waals surface area contributed by atoms with Gasteiger partial charge in [-0.1, -0.05) is 5.16 Å². The lowest BCUT2D eigenvalue weighted by molar-refractivity contribution is 0.0648. The van der Waals surface area contributed by atoms with Crippen LogP contribution in [0.15, 0.2) is 47.1 Å². The number of hydrogen-bond donors (Lipinski definition) is 2. The fourth-order valence-corrected chi connectivity index (χ4v) is 2.85. The number of aromatic carboxylic acids is 1. The lowest BCUT2D eigenvalue weighted by atomic mass is 10.0. The highest BCUT2D eigenvalue weighted by molar-refractivity contribution is 5.94. The Labute approximate surface area is 155 Å². The van der Waals surface area contributed by atoms with E-state index < -0.39 is 12.0 Å². The van der Waals surface area contributed by atoms with E-state index in [1.807, 2.05) is 0 Å². The molecule has 0 aliphatic heterocycles. The number of nitrogens with one attached hydrogen (secondary N) is 1. The lowest BCUT2D eigenvalue weighted by Crippen LogP contribution is -2.29. The third kappa shape index (κ3) is 3.55. The summed E-state index contributed by atoms with van der Waals surface area (Å²) in [7, 11) is 3.31. The molecule has 0 fully saturated rings. The average Bonchev–Trinajstić information content (AvgIpc) is 3.28. The molecule has 0 unspecified atom stereocenters. The number of rotatable bonds is 6. The van der Waals surface area contributed by atoms with Crippen molar-refractivity contribution in [2.24, 2.45) is 7.05 Å². The molecule has 2 N–H and O–H groups in total. The molecule has 0 saturated heterocycles. The van der Waals surface area contributed by atoms with Crippen LogP contribution in [-0.2, 0) is 7.05 Å². The summed E-state index contributed by atoms with van der Waals surface area (Å²) >= 11 is 0. The molecule has 1 aromatic carbocycles. The summed E-state index contributed by atoms with van der Waals surface area (Å²) < 4.78 is 11.9. The molecule has 2 heterocycles. The maximum Gasteiger partial charge on any atom is 0.375 e. The number of carboxylic acid groups (broad SMARTS) is 1. The SMILES string of the molecule is COc1ccc(-c2noc(C(=O)O)c2[C@@H](C)NC(=O)c2cccn2C)cc1. The molecule has 1 amide bonds. The van der Waals surface area contributed by atoms with Crippen LogP contribution in [0.4, 0.5) is 0 Å². The topological polar surface area (TPSA) is 107 Å². The fraction of sp³-hybridized carbons (Fsp3) is 0.211. The zero-order valence-corrected chi connectivity index (χ0v) is 15.1. The predicted molar refractivity (Wildman–Crippen MR) is 96.7 cm³/mol. The molecule has 0 radical (unpaired) electrons. The Morgan fingerprint density at radius 1 is 1.26 bits per heavy atom. The quantitative estimate of drug-likeness (QED) is 0.692. The summed E-state index contributed by atoms with van der Waals surface area (Å²) in [4.78, 5) is 24.1. The summed E-state index contributed by atoms with van der Waals surface area (Å²) in [6.45, 7) is 1.69. The second-order valence-electron chi connectivity index (χ2n) is 6.01. The molecular weight excluding hydrogens is 350 g/mol. The number of hydrogen-bond acceptors (Lipinski definition) is 5. The second kappa shape index (κ2) is 7.36. The highest BCUT2D eigenvalue weighted by Gasteiger charge is 2.28. The third-order valence-corrected chi connectivity index (χ3v) is 4.24. The monoisotopic (exact) mass is 369 g/mol. The lowest BCUT2D eigenvalue weighted by Gasteiger charge is -2.15. The Kier molecular flexibility index (Phi) is 4.98. The minimum absolute atomic E-state index is 0.301. The summed E-state index contributed by atoms with van der Waals surface area (Å²) in [5.74, 6) is -1.22. The molecule has 27 heavy (non-hydrogen) atoms. The van der Waals surface area contributed by atoms with Crippen LogP contribution >= 0.6 is 0 Å². The molecular formula is C19H19N3O5. The minimum atomic E-state index is -1.25. The maximum absolute atomic E-state index is 12.5. The number of ether oxygens (including phenoxy) is 1. The van der Waals surface area contributed by atoms with Crippen LogP contribution in [-0.4, -0.2) is 33.8 Å². The van der Waals surface area contributed by atoms with Crippen molar-refractivity contribution in [3.8, 4) is 17.0 Å². The maximum atomic E-state index is 12.5. The van der Waals surface area contributed by atoms with Crippen molar-refractivity contribution in [3.05, 3.63) is 59.6 Å². The first-order valence-electron chi connectivity index (χ1n) is 8.21. The van der Waals surface area contributed by atoms with Gasteiger partial charge in [0.2, 0.25) is 5.76 Å². The number of benzene rings is 1. The highest BCUT2D eigenvalue weighted by atomic mass is 16.5. The van der Waals surface area contributed by atoms with E-state index in [2.05, 4.69) is 10.5 Å². The van der Waals surface area contributed by atoms with Gasteiger partial charge in [0.25, 0.3) is 5.91 Å². The molecule has 0 spiro atoms. The van der Waals surface area contributed by atoms with Crippen molar-refractivity contribution in [1.29, 1.82) is 0 Å². The van der Waals surface area contributed by atoms with Gasteiger partial charge in [-0.2, -0.15) is 0 Å². The number of aryl methyl sites for hydroxylation is 1. The number of methoxy groups -OCH3 is 1. The highest BCUT2D eigenvalue weighted by Crippen LogP contribution is 2.31. The van der Waals surface area contributed by atoms with Gasteiger partial charge in [0, 0.05) is 18.8 Å². The van der Waals surface area contributed by atoms with Crippen LogP contribution in [0.25, 0.3) is 11.3 Å². The Bertz CT molecular complexity index is 972. The van der Waals surface area contributed by atoms with Crippen molar-refractivity contribution < 1.29 is 24.0 Å². The number of carboxylic acids is 1. The molecule has 0 bridgehead atoms. The number of carbonyl (C=O) groups is 2. The molecule has 8 heteroatoms. The number of nitrogens with zero attached hydrogens (tertiary/aromatic N) is 2. The molecule has 0 saturated carbocycles. The number of aromatic nitrogens is 2. The van der Waals surface area contributed by atoms with Gasteiger partial charge < -0.3 is 24.3 Å². The first kappa shape index (κ1) is 18.2. The van der Waals surface area contributed by atoms with E-state index in [1.54, 1.807) is 68.2 Å². The van der Waals surface area contributed by atoms with E-state index in [0.29, 0.717) is 28.3 Å². The molecule has 3 aromatic rings.